The van der Waals surface area contributed by atoms with Crippen LogP contribution in [0, 0.1) is 11.8 Å². The van der Waals surface area contributed by atoms with Gasteiger partial charge in [0.2, 0.25) is 0 Å². The molecule has 0 aromatic heterocycles. The summed E-state index contributed by atoms with van der Waals surface area (Å²) in [6.07, 6.45) is 11.1. The van der Waals surface area contributed by atoms with E-state index in [-0.39, 0.29) is 0 Å². The Bertz CT molecular complexity index is 608. The van der Waals surface area contributed by atoms with E-state index in [2.05, 4.69) is 25.1 Å². The van der Waals surface area contributed by atoms with Gasteiger partial charge in [-0.05, 0) is 53.1 Å². The SMILES string of the molecule is CCCC1CCC(CCc2ccc3cc(O)ccc3c2)CC1. The Kier molecular flexibility index (Phi) is 5.02. The maximum Gasteiger partial charge on any atom is 0.116 e. The Labute approximate surface area is 134 Å². The van der Waals surface area contributed by atoms with Crippen LogP contribution in [0.1, 0.15) is 57.4 Å². The maximum atomic E-state index is 9.53. The second-order valence-electron chi connectivity index (χ2n) is 7.08. The van der Waals surface area contributed by atoms with E-state index in [1.54, 1.807) is 6.07 Å². The van der Waals surface area contributed by atoms with Gasteiger partial charge in [0, 0.05) is 0 Å². The van der Waals surface area contributed by atoms with Crippen molar-refractivity contribution in [1.82, 2.24) is 0 Å². The summed E-state index contributed by atoms with van der Waals surface area (Å²) in [6, 6.07) is 12.3. The molecular formula is C21H28O. The number of hydrogen-bond acceptors (Lipinski definition) is 1. The molecule has 1 nitrogen and oxygen atoms in total. The molecule has 1 saturated carbocycles. The average Bonchev–Trinajstić information content (AvgIpc) is 2.54. The van der Waals surface area contributed by atoms with E-state index in [1.165, 1.54) is 62.3 Å². The molecule has 22 heavy (non-hydrogen) atoms. The lowest BCUT2D eigenvalue weighted by Gasteiger charge is -2.28. The van der Waals surface area contributed by atoms with E-state index < -0.39 is 0 Å². The molecule has 0 bridgehead atoms. The van der Waals surface area contributed by atoms with E-state index in [1.807, 2.05) is 12.1 Å². The highest BCUT2D eigenvalue weighted by Crippen LogP contribution is 2.34. The molecule has 1 aliphatic carbocycles. The van der Waals surface area contributed by atoms with Gasteiger partial charge in [-0.15, -0.1) is 0 Å². The lowest BCUT2D eigenvalue weighted by atomic mass is 9.78. The minimum absolute atomic E-state index is 0.351. The van der Waals surface area contributed by atoms with Crippen LogP contribution < -0.4 is 0 Å². The lowest BCUT2D eigenvalue weighted by Crippen LogP contribution is -2.15. The Balaban J connectivity index is 1.55. The van der Waals surface area contributed by atoms with Gasteiger partial charge in [0.15, 0.2) is 0 Å². The molecule has 1 N–H and O–H groups in total. The fraction of sp³-hybridized carbons (Fsp3) is 0.524. The fourth-order valence-electron chi connectivity index (χ4n) is 4.03. The topological polar surface area (TPSA) is 20.2 Å². The largest absolute Gasteiger partial charge is 0.508 e. The Morgan fingerprint density at radius 3 is 2.23 bits per heavy atom. The second-order valence-corrected chi connectivity index (χ2v) is 7.08. The number of phenolic OH excluding ortho intramolecular Hbond substituents is 1. The van der Waals surface area contributed by atoms with Gasteiger partial charge in [-0.1, -0.05) is 69.7 Å². The molecule has 0 amide bonds. The first-order valence-corrected chi connectivity index (χ1v) is 8.96. The molecular weight excluding hydrogens is 268 g/mol. The summed E-state index contributed by atoms with van der Waals surface area (Å²) in [6.45, 7) is 2.31. The first-order chi connectivity index (χ1) is 10.7. The molecule has 1 fully saturated rings. The Hall–Kier alpha value is -1.50. The molecule has 0 spiro atoms. The van der Waals surface area contributed by atoms with Crippen LogP contribution >= 0.6 is 0 Å². The van der Waals surface area contributed by atoms with Crippen LogP contribution in [0.4, 0.5) is 0 Å². The molecule has 0 aliphatic heterocycles. The third-order valence-electron chi connectivity index (χ3n) is 5.39. The Morgan fingerprint density at radius 2 is 1.50 bits per heavy atom. The second kappa shape index (κ2) is 7.17. The van der Waals surface area contributed by atoms with Gasteiger partial charge < -0.3 is 5.11 Å². The predicted molar refractivity (Wildman–Crippen MR) is 94.3 cm³/mol. The molecule has 0 atom stereocenters. The maximum absolute atomic E-state index is 9.53. The molecule has 0 unspecified atom stereocenters. The van der Waals surface area contributed by atoms with Gasteiger partial charge in [0.25, 0.3) is 0 Å². The molecule has 0 heterocycles. The highest BCUT2D eigenvalue weighted by molar-refractivity contribution is 5.84. The molecule has 2 aromatic carbocycles. The van der Waals surface area contributed by atoms with Crippen molar-refractivity contribution < 1.29 is 5.11 Å². The monoisotopic (exact) mass is 296 g/mol. The summed E-state index contributed by atoms with van der Waals surface area (Å²) in [5.41, 5.74) is 1.44. The zero-order valence-electron chi connectivity index (χ0n) is 13.7. The highest BCUT2D eigenvalue weighted by Gasteiger charge is 2.20. The average molecular weight is 296 g/mol. The standard InChI is InChI=1S/C21H28O/c1-2-3-16-4-6-17(7-5-16)8-9-18-10-11-20-15-21(22)13-12-19(20)14-18/h10-17,22H,2-9H2,1H3. The zero-order valence-corrected chi connectivity index (χ0v) is 13.7. The normalized spacial score (nSPS) is 22.0. The van der Waals surface area contributed by atoms with Gasteiger partial charge in [-0.3, -0.25) is 0 Å². The molecule has 0 saturated heterocycles. The van der Waals surface area contributed by atoms with Crippen molar-refractivity contribution in [2.45, 2.75) is 58.3 Å². The van der Waals surface area contributed by atoms with E-state index >= 15 is 0 Å². The Morgan fingerprint density at radius 1 is 0.864 bits per heavy atom. The number of hydrogen-bond donors (Lipinski definition) is 1. The molecule has 1 heteroatoms. The van der Waals surface area contributed by atoms with Crippen LogP contribution in [0.15, 0.2) is 36.4 Å². The summed E-state index contributed by atoms with van der Waals surface area (Å²) >= 11 is 0. The van der Waals surface area contributed by atoms with E-state index in [0.717, 1.165) is 17.2 Å². The van der Waals surface area contributed by atoms with Crippen LogP contribution in [-0.2, 0) is 6.42 Å². The van der Waals surface area contributed by atoms with Crippen LogP contribution in [0.25, 0.3) is 10.8 Å². The number of phenols is 1. The number of aryl methyl sites for hydroxylation is 1. The van der Waals surface area contributed by atoms with Crippen molar-refractivity contribution in [3.05, 3.63) is 42.0 Å². The minimum atomic E-state index is 0.351. The van der Waals surface area contributed by atoms with E-state index in [4.69, 9.17) is 0 Å². The van der Waals surface area contributed by atoms with Gasteiger partial charge >= 0.3 is 0 Å². The van der Waals surface area contributed by atoms with E-state index in [9.17, 15) is 5.11 Å². The van der Waals surface area contributed by atoms with E-state index in [0.29, 0.717) is 5.75 Å². The number of benzene rings is 2. The molecule has 3 rings (SSSR count). The summed E-state index contributed by atoms with van der Waals surface area (Å²) < 4.78 is 0. The first kappa shape index (κ1) is 15.4. The van der Waals surface area contributed by atoms with Crippen molar-refractivity contribution in [3.63, 3.8) is 0 Å². The van der Waals surface area contributed by atoms with Crippen LogP contribution in [0.5, 0.6) is 5.75 Å². The van der Waals surface area contributed by atoms with Crippen LogP contribution in [-0.4, -0.2) is 5.11 Å². The lowest BCUT2D eigenvalue weighted by molar-refractivity contribution is 0.252. The predicted octanol–water partition coefficient (Wildman–Crippen LogP) is 6.08. The van der Waals surface area contributed by atoms with Crippen molar-refractivity contribution in [3.8, 4) is 5.75 Å². The summed E-state index contributed by atoms with van der Waals surface area (Å²) in [5, 5.41) is 11.9. The molecule has 2 aromatic rings. The molecule has 1 aliphatic rings. The molecule has 0 radical (unpaired) electrons. The number of rotatable bonds is 5. The van der Waals surface area contributed by atoms with Crippen molar-refractivity contribution in [1.29, 1.82) is 0 Å². The quantitative estimate of drug-likeness (QED) is 0.708. The third kappa shape index (κ3) is 3.82. The van der Waals surface area contributed by atoms with Gasteiger partial charge in [0.05, 0.1) is 0 Å². The van der Waals surface area contributed by atoms with Gasteiger partial charge in [-0.2, -0.15) is 0 Å². The van der Waals surface area contributed by atoms with Gasteiger partial charge in [-0.25, -0.2) is 0 Å². The third-order valence-corrected chi connectivity index (χ3v) is 5.39. The first-order valence-electron chi connectivity index (χ1n) is 8.96. The van der Waals surface area contributed by atoms with Crippen molar-refractivity contribution in [2.24, 2.45) is 11.8 Å². The number of fused-ring (bicyclic) bond motifs is 1. The van der Waals surface area contributed by atoms with Gasteiger partial charge in [0.1, 0.15) is 5.75 Å². The summed E-state index contributed by atoms with van der Waals surface area (Å²) in [7, 11) is 0. The zero-order chi connectivity index (χ0) is 15.4. The fourth-order valence-corrected chi connectivity index (χ4v) is 4.03. The highest BCUT2D eigenvalue weighted by atomic mass is 16.3. The summed E-state index contributed by atoms with van der Waals surface area (Å²) in [4.78, 5) is 0. The minimum Gasteiger partial charge on any atom is -0.508 e. The van der Waals surface area contributed by atoms with Crippen LogP contribution in [0.2, 0.25) is 0 Å². The van der Waals surface area contributed by atoms with Crippen LogP contribution in [0.3, 0.4) is 0 Å². The smallest absolute Gasteiger partial charge is 0.116 e. The molecule has 118 valence electrons. The van der Waals surface area contributed by atoms with Crippen molar-refractivity contribution in [2.75, 3.05) is 0 Å². The van der Waals surface area contributed by atoms with Crippen molar-refractivity contribution >= 4 is 10.8 Å². The summed E-state index contributed by atoms with van der Waals surface area (Å²) in [5.74, 6) is 2.29. The number of aromatic hydroxyl groups is 1.